The van der Waals surface area contributed by atoms with Gasteiger partial charge in [0.2, 0.25) is 6.79 Å². The van der Waals surface area contributed by atoms with Crippen molar-refractivity contribution in [3.8, 4) is 0 Å². The highest BCUT2D eigenvalue weighted by Gasteiger charge is 2.28. The van der Waals surface area contributed by atoms with Crippen LogP contribution in [0.3, 0.4) is 0 Å². The highest BCUT2D eigenvalue weighted by molar-refractivity contribution is 5.86. The fraction of sp³-hybridized carbons (Fsp3) is 0.524. The fourth-order valence-corrected chi connectivity index (χ4v) is 2.07. The van der Waals surface area contributed by atoms with Gasteiger partial charge in [-0.15, -0.1) is 0 Å². The second-order valence-electron chi connectivity index (χ2n) is 7.69. The Bertz CT molecular complexity index is 741. The maximum atomic E-state index is 12.5. The molecule has 1 atom stereocenters. The largest absolute Gasteiger partial charge is 0.511 e. The third kappa shape index (κ3) is 12.1. The standard InChI is InChI=1S/C21H29NO9/c1-14(2)30-20(26)29-13-28-17(23)11-16(22-19(25)31-21(3,4)5)18(24)27-12-15-9-7-6-8-10-15/h6-10,14,16H,11-13H2,1-5H3,(H,22,25)/t16-/m0/s1. The predicted octanol–water partition coefficient (Wildman–Crippen LogP) is 3.08. The molecule has 0 radical (unpaired) electrons. The Morgan fingerprint density at radius 3 is 2.19 bits per heavy atom. The van der Waals surface area contributed by atoms with Crippen molar-refractivity contribution in [2.24, 2.45) is 0 Å². The zero-order valence-corrected chi connectivity index (χ0v) is 18.3. The first-order valence-corrected chi connectivity index (χ1v) is 9.65. The van der Waals surface area contributed by atoms with Crippen molar-refractivity contribution in [2.45, 2.75) is 65.4 Å². The van der Waals surface area contributed by atoms with Crippen LogP contribution in [0, 0.1) is 0 Å². The molecule has 0 aromatic heterocycles. The van der Waals surface area contributed by atoms with Crippen LogP contribution in [0.2, 0.25) is 0 Å². The lowest BCUT2D eigenvalue weighted by Crippen LogP contribution is -2.45. The van der Waals surface area contributed by atoms with Crippen molar-refractivity contribution in [3.05, 3.63) is 35.9 Å². The number of rotatable bonds is 9. The Labute approximate surface area is 181 Å². The molecule has 172 valence electrons. The van der Waals surface area contributed by atoms with Crippen LogP contribution < -0.4 is 5.32 Å². The molecule has 10 heteroatoms. The van der Waals surface area contributed by atoms with Crippen molar-refractivity contribution in [1.82, 2.24) is 5.32 Å². The molecule has 1 amide bonds. The number of esters is 2. The number of hydrogen-bond donors (Lipinski definition) is 1. The second-order valence-corrected chi connectivity index (χ2v) is 7.69. The van der Waals surface area contributed by atoms with Crippen molar-refractivity contribution in [1.29, 1.82) is 0 Å². The third-order valence-electron chi connectivity index (χ3n) is 3.30. The van der Waals surface area contributed by atoms with Gasteiger partial charge in [-0.25, -0.2) is 14.4 Å². The van der Waals surface area contributed by atoms with Crippen LogP contribution in [0.5, 0.6) is 0 Å². The first-order valence-electron chi connectivity index (χ1n) is 9.65. The minimum absolute atomic E-state index is 0.0502. The molecule has 0 spiro atoms. The number of alkyl carbamates (subject to hydrolysis) is 1. The topological polar surface area (TPSA) is 126 Å². The molecular formula is C21H29NO9. The monoisotopic (exact) mass is 439 g/mol. The minimum Gasteiger partial charge on any atom is -0.459 e. The molecule has 1 aromatic carbocycles. The zero-order valence-electron chi connectivity index (χ0n) is 18.3. The number of amides is 1. The molecule has 0 heterocycles. The van der Waals surface area contributed by atoms with Gasteiger partial charge in [-0.1, -0.05) is 30.3 Å². The van der Waals surface area contributed by atoms with E-state index >= 15 is 0 Å². The average molecular weight is 439 g/mol. The smallest absolute Gasteiger partial charge is 0.459 e. The highest BCUT2D eigenvalue weighted by atomic mass is 16.8. The van der Waals surface area contributed by atoms with E-state index in [1.165, 1.54) is 0 Å². The Morgan fingerprint density at radius 1 is 0.968 bits per heavy atom. The fourth-order valence-electron chi connectivity index (χ4n) is 2.07. The van der Waals surface area contributed by atoms with E-state index in [1.807, 2.05) is 6.07 Å². The molecule has 0 aliphatic heterocycles. The van der Waals surface area contributed by atoms with Gasteiger partial charge in [0.15, 0.2) is 0 Å². The number of carbonyl (C=O) groups is 4. The van der Waals surface area contributed by atoms with E-state index in [2.05, 4.69) is 10.1 Å². The van der Waals surface area contributed by atoms with Gasteiger partial charge >= 0.3 is 24.2 Å². The lowest BCUT2D eigenvalue weighted by molar-refractivity contribution is -0.159. The van der Waals surface area contributed by atoms with Crippen molar-refractivity contribution in [2.75, 3.05) is 6.79 Å². The molecule has 0 unspecified atom stereocenters. The summed E-state index contributed by atoms with van der Waals surface area (Å²) in [6.45, 7) is 7.45. The molecule has 0 bridgehead atoms. The minimum atomic E-state index is -1.37. The number of benzene rings is 1. The summed E-state index contributed by atoms with van der Waals surface area (Å²) in [6, 6.07) is 7.51. The summed E-state index contributed by atoms with van der Waals surface area (Å²) in [4.78, 5) is 47.8. The summed E-state index contributed by atoms with van der Waals surface area (Å²) in [7, 11) is 0. The van der Waals surface area contributed by atoms with E-state index in [4.69, 9.17) is 18.9 Å². The summed E-state index contributed by atoms with van der Waals surface area (Å²) in [5, 5.41) is 2.30. The average Bonchev–Trinajstić information content (AvgIpc) is 2.64. The van der Waals surface area contributed by atoms with Crippen LogP contribution >= 0.6 is 0 Å². The molecule has 1 aromatic rings. The summed E-state index contributed by atoms with van der Waals surface area (Å²) in [5.41, 5.74) is -0.0836. The van der Waals surface area contributed by atoms with Crippen LogP contribution in [-0.4, -0.2) is 48.7 Å². The van der Waals surface area contributed by atoms with E-state index < -0.39 is 55.1 Å². The molecule has 0 saturated carbocycles. The van der Waals surface area contributed by atoms with Gasteiger partial charge in [0, 0.05) is 0 Å². The highest BCUT2D eigenvalue weighted by Crippen LogP contribution is 2.09. The molecular weight excluding hydrogens is 410 g/mol. The lowest BCUT2D eigenvalue weighted by atomic mass is 10.2. The third-order valence-corrected chi connectivity index (χ3v) is 3.30. The zero-order chi connectivity index (χ0) is 23.4. The predicted molar refractivity (Wildman–Crippen MR) is 108 cm³/mol. The van der Waals surface area contributed by atoms with E-state index in [-0.39, 0.29) is 6.61 Å². The van der Waals surface area contributed by atoms with Crippen LogP contribution in [0.1, 0.15) is 46.6 Å². The molecule has 10 nitrogen and oxygen atoms in total. The normalized spacial score (nSPS) is 11.8. The number of nitrogens with one attached hydrogen (secondary N) is 1. The van der Waals surface area contributed by atoms with Crippen LogP contribution in [0.4, 0.5) is 9.59 Å². The Balaban J connectivity index is 2.65. The molecule has 0 saturated heterocycles. The van der Waals surface area contributed by atoms with Crippen LogP contribution in [0.25, 0.3) is 0 Å². The summed E-state index contributed by atoms with van der Waals surface area (Å²) in [6.07, 6.45) is -2.87. The van der Waals surface area contributed by atoms with Crippen LogP contribution in [0.15, 0.2) is 30.3 Å². The molecule has 0 fully saturated rings. The molecule has 0 aliphatic rings. The van der Waals surface area contributed by atoms with Gasteiger partial charge in [-0.3, -0.25) is 4.79 Å². The van der Waals surface area contributed by atoms with Gasteiger partial charge in [-0.05, 0) is 40.2 Å². The Morgan fingerprint density at radius 2 is 1.61 bits per heavy atom. The Kier molecular flexibility index (Phi) is 10.3. The van der Waals surface area contributed by atoms with Gasteiger partial charge in [0.05, 0.1) is 12.5 Å². The van der Waals surface area contributed by atoms with E-state index in [9.17, 15) is 19.2 Å². The van der Waals surface area contributed by atoms with E-state index in [0.29, 0.717) is 0 Å². The quantitative estimate of drug-likeness (QED) is 0.351. The van der Waals surface area contributed by atoms with Gasteiger partial charge < -0.3 is 29.0 Å². The SMILES string of the molecule is CC(C)OC(=O)OCOC(=O)C[C@H](NC(=O)OC(C)(C)C)C(=O)OCc1ccccc1. The van der Waals surface area contributed by atoms with Crippen molar-refractivity contribution < 1.29 is 42.9 Å². The molecule has 1 N–H and O–H groups in total. The molecule has 31 heavy (non-hydrogen) atoms. The first-order chi connectivity index (χ1) is 14.5. The Hall–Kier alpha value is -3.30. The number of hydrogen-bond acceptors (Lipinski definition) is 9. The molecule has 0 aliphatic carbocycles. The van der Waals surface area contributed by atoms with Crippen molar-refractivity contribution in [3.63, 3.8) is 0 Å². The maximum Gasteiger partial charge on any atom is 0.511 e. The maximum absolute atomic E-state index is 12.5. The lowest BCUT2D eigenvalue weighted by Gasteiger charge is -2.22. The second kappa shape index (κ2) is 12.4. The first kappa shape index (κ1) is 25.7. The number of ether oxygens (including phenoxy) is 5. The summed E-state index contributed by atoms with van der Waals surface area (Å²) in [5.74, 6) is -1.76. The van der Waals surface area contributed by atoms with E-state index in [1.54, 1.807) is 58.9 Å². The summed E-state index contributed by atoms with van der Waals surface area (Å²) >= 11 is 0. The van der Waals surface area contributed by atoms with Crippen molar-refractivity contribution >= 4 is 24.2 Å². The van der Waals surface area contributed by atoms with Gasteiger partial charge in [0.1, 0.15) is 18.2 Å². The van der Waals surface area contributed by atoms with Gasteiger partial charge in [-0.2, -0.15) is 0 Å². The summed E-state index contributed by atoms with van der Waals surface area (Å²) < 4.78 is 24.4. The number of carbonyl (C=O) groups excluding carboxylic acids is 4. The van der Waals surface area contributed by atoms with Gasteiger partial charge in [0.25, 0.3) is 0 Å². The van der Waals surface area contributed by atoms with Crippen LogP contribution in [-0.2, 0) is 39.9 Å². The molecule has 1 rings (SSSR count). The van der Waals surface area contributed by atoms with E-state index in [0.717, 1.165) is 5.56 Å².